The first-order chi connectivity index (χ1) is 16.0. The number of benzene rings is 1. The molecule has 2 aliphatic heterocycles. The van der Waals surface area contributed by atoms with Crippen molar-refractivity contribution < 1.29 is 33.4 Å². The van der Waals surface area contributed by atoms with Crippen LogP contribution in [0.25, 0.3) is 0 Å². The third kappa shape index (κ3) is 4.39. The van der Waals surface area contributed by atoms with Crippen LogP contribution in [0.4, 0.5) is 5.69 Å². The number of nitrogens with zero attached hydrogens (tertiary/aromatic N) is 3. The fraction of sp³-hybridized carbons (Fsp3) is 0.435. The van der Waals surface area contributed by atoms with Gasteiger partial charge >= 0.3 is 23.8 Å². The van der Waals surface area contributed by atoms with Gasteiger partial charge in [0.15, 0.2) is 17.0 Å². The summed E-state index contributed by atoms with van der Waals surface area (Å²) < 4.78 is 14.9. The Kier molecular flexibility index (Phi) is 7.06. The highest BCUT2D eigenvalue weighted by Gasteiger charge is 2.50. The van der Waals surface area contributed by atoms with E-state index in [4.69, 9.17) is 14.2 Å². The molecule has 0 spiro atoms. The van der Waals surface area contributed by atoms with Crippen molar-refractivity contribution >= 4 is 46.4 Å². The first-order valence-corrected chi connectivity index (χ1v) is 11.4. The largest absolute Gasteiger partial charge is 0.467 e. The number of aliphatic imine (C=N–C) groups is 1. The van der Waals surface area contributed by atoms with Crippen LogP contribution < -0.4 is 4.90 Å². The van der Waals surface area contributed by atoms with Crippen LogP contribution in [0, 0.1) is 6.92 Å². The monoisotopic (exact) mass is 489 g/mol. The molecule has 1 amide bonds. The molecule has 1 atom stereocenters. The summed E-state index contributed by atoms with van der Waals surface area (Å²) in [4.78, 5) is 59.8. The van der Waals surface area contributed by atoms with Crippen molar-refractivity contribution in [3.63, 3.8) is 0 Å². The summed E-state index contributed by atoms with van der Waals surface area (Å²) in [5.74, 6) is -3.94. The third-order valence-electron chi connectivity index (χ3n) is 5.12. The van der Waals surface area contributed by atoms with E-state index in [-0.39, 0.29) is 18.0 Å². The number of amidine groups is 1. The third-order valence-corrected chi connectivity index (χ3v) is 6.14. The molecule has 0 bridgehead atoms. The van der Waals surface area contributed by atoms with Crippen LogP contribution >= 0.6 is 11.8 Å². The molecule has 0 aromatic heterocycles. The maximum absolute atomic E-state index is 13.2. The van der Waals surface area contributed by atoms with E-state index in [0.717, 1.165) is 22.5 Å². The van der Waals surface area contributed by atoms with Crippen molar-refractivity contribution in [1.29, 1.82) is 0 Å². The van der Waals surface area contributed by atoms with E-state index in [1.807, 2.05) is 25.1 Å². The van der Waals surface area contributed by atoms with Crippen molar-refractivity contribution in [2.24, 2.45) is 4.99 Å². The lowest BCUT2D eigenvalue weighted by molar-refractivity contribution is -0.161. The highest BCUT2D eigenvalue weighted by molar-refractivity contribution is 8.14. The minimum atomic E-state index is -1.30. The standard InChI is InChI=1S/C23H27N3O7S/c1-8-33-21(30)18(27)26(23(3,4)5)17-15(19(28)31-6)16(20(29)32-7)25-13-10-9-12(2)11-14(13)34-22(25)24-17/h9-11,16H,8H2,1-7H3. The van der Waals surface area contributed by atoms with Crippen molar-refractivity contribution in [1.82, 2.24) is 4.90 Å². The molecule has 1 aromatic rings. The van der Waals surface area contributed by atoms with Crippen molar-refractivity contribution in [3.05, 3.63) is 35.2 Å². The quantitative estimate of drug-likeness (QED) is 0.357. The van der Waals surface area contributed by atoms with Crippen molar-refractivity contribution in [2.45, 2.75) is 51.1 Å². The van der Waals surface area contributed by atoms with E-state index in [1.54, 1.807) is 32.6 Å². The molecule has 182 valence electrons. The van der Waals surface area contributed by atoms with E-state index >= 15 is 0 Å². The average molecular weight is 490 g/mol. The number of carbonyl (C=O) groups is 4. The number of carbonyl (C=O) groups excluding carboxylic acids is 4. The number of anilines is 1. The summed E-state index contributed by atoms with van der Waals surface area (Å²) in [6.07, 6.45) is 0. The van der Waals surface area contributed by atoms with Crippen LogP contribution in [0.5, 0.6) is 0 Å². The first kappa shape index (κ1) is 25.3. The highest BCUT2D eigenvalue weighted by Crippen LogP contribution is 2.46. The van der Waals surface area contributed by atoms with Gasteiger partial charge in [0.05, 0.1) is 26.5 Å². The molecule has 0 aliphatic carbocycles. The summed E-state index contributed by atoms with van der Waals surface area (Å²) >= 11 is 1.28. The molecule has 0 fully saturated rings. The van der Waals surface area contributed by atoms with E-state index in [2.05, 4.69) is 4.99 Å². The zero-order valence-corrected chi connectivity index (χ0v) is 20.9. The lowest BCUT2D eigenvalue weighted by Gasteiger charge is -2.40. The molecule has 1 unspecified atom stereocenters. The molecule has 34 heavy (non-hydrogen) atoms. The summed E-state index contributed by atoms with van der Waals surface area (Å²) in [5.41, 5.74) is 0.415. The predicted octanol–water partition coefficient (Wildman–Crippen LogP) is 2.39. The van der Waals surface area contributed by atoms with E-state index in [0.29, 0.717) is 10.9 Å². The predicted molar refractivity (Wildman–Crippen MR) is 125 cm³/mol. The molecule has 0 saturated carbocycles. The molecule has 10 nitrogen and oxygen atoms in total. The molecule has 1 aromatic carbocycles. The second-order valence-corrected chi connectivity index (χ2v) is 9.53. The zero-order valence-electron chi connectivity index (χ0n) is 20.1. The number of esters is 3. The van der Waals surface area contributed by atoms with E-state index in [1.165, 1.54) is 18.9 Å². The minimum Gasteiger partial charge on any atom is -0.467 e. The molecule has 11 heteroatoms. The van der Waals surface area contributed by atoms with Gasteiger partial charge in [-0.05, 0) is 64.1 Å². The van der Waals surface area contributed by atoms with Crippen LogP contribution in [0.2, 0.25) is 0 Å². The molecule has 2 heterocycles. The number of amides is 1. The lowest BCUT2D eigenvalue weighted by Crippen LogP contribution is -2.54. The fourth-order valence-corrected chi connectivity index (χ4v) is 4.85. The number of ether oxygens (including phenoxy) is 3. The van der Waals surface area contributed by atoms with Gasteiger partial charge in [0.25, 0.3) is 0 Å². The Bertz CT molecular complexity index is 1120. The average Bonchev–Trinajstić information content (AvgIpc) is 3.13. The minimum absolute atomic E-state index is 0.0109. The lowest BCUT2D eigenvalue weighted by atomic mass is 9.99. The number of fused-ring (bicyclic) bond motifs is 3. The van der Waals surface area contributed by atoms with Gasteiger partial charge in [0.1, 0.15) is 5.57 Å². The molecule has 2 aliphatic rings. The molecule has 3 rings (SSSR count). The van der Waals surface area contributed by atoms with Crippen LogP contribution in [-0.2, 0) is 33.4 Å². The van der Waals surface area contributed by atoms with E-state index in [9.17, 15) is 19.2 Å². The zero-order chi connectivity index (χ0) is 25.4. The molecular formula is C23H27N3O7S. The Balaban J connectivity index is 2.32. The maximum Gasteiger partial charge on any atom is 0.397 e. The topological polar surface area (TPSA) is 115 Å². The summed E-state index contributed by atoms with van der Waals surface area (Å²) in [7, 11) is 2.36. The second kappa shape index (κ2) is 9.49. The molecule has 0 radical (unpaired) electrons. The number of hydrogen-bond acceptors (Lipinski definition) is 10. The van der Waals surface area contributed by atoms with Crippen LogP contribution in [0.1, 0.15) is 33.3 Å². The number of aryl methyl sites for hydroxylation is 1. The Morgan fingerprint density at radius 2 is 1.82 bits per heavy atom. The van der Waals surface area contributed by atoms with Crippen molar-refractivity contribution in [2.75, 3.05) is 25.7 Å². The Labute approximate surface area is 201 Å². The van der Waals surface area contributed by atoms with Crippen LogP contribution in [0.3, 0.4) is 0 Å². The number of thioether (sulfide) groups is 1. The Morgan fingerprint density at radius 3 is 2.38 bits per heavy atom. The van der Waals surface area contributed by atoms with Gasteiger partial charge in [0, 0.05) is 10.4 Å². The van der Waals surface area contributed by atoms with Crippen LogP contribution in [0.15, 0.2) is 39.5 Å². The van der Waals surface area contributed by atoms with Gasteiger partial charge in [-0.1, -0.05) is 6.07 Å². The normalized spacial score (nSPS) is 16.9. The smallest absolute Gasteiger partial charge is 0.397 e. The van der Waals surface area contributed by atoms with Gasteiger partial charge in [-0.3, -0.25) is 9.69 Å². The van der Waals surface area contributed by atoms with Crippen LogP contribution in [-0.4, -0.2) is 66.3 Å². The molecular weight excluding hydrogens is 462 g/mol. The summed E-state index contributed by atoms with van der Waals surface area (Å²) in [6.45, 7) is 8.51. The fourth-order valence-electron chi connectivity index (χ4n) is 3.70. The number of methoxy groups -OCH3 is 2. The van der Waals surface area contributed by atoms with Gasteiger partial charge < -0.3 is 19.1 Å². The van der Waals surface area contributed by atoms with Gasteiger partial charge in [-0.2, -0.15) is 0 Å². The number of rotatable bonds is 4. The number of hydrogen-bond donors (Lipinski definition) is 0. The molecule has 0 N–H and O–H groups in total. The SMILES string of the molecule is CCOC(=O)C(=O)N(C1=C(C(=O)OC)C(C(=O)OC)N2C(=N1)Sc1cc(C)ccc12)C(C)(C)C. The van der Waals surface area contributed by atoms with Crippen molar-refractivity contribution in [3.8, 4) is 0 Å². The van der Waals surface area contributed by atoms with Gasteiger partial charge in [-0.15, -0.1) is 0 Å². The van der Waals surface area contributed by atoms with Gasteiger partial charge in [-0.25, -0.2) is 19.4 Å². The second-order valence-electron chi connectivity index (χ2n) is 8.52. The summed E-state index contributed by atoms with van der Waals surface area (Å²) in [6, 6.07) is 4.33. The Morgan fingerprint density at radius 1 is 1.15 bits per heavy atom. The Hall–Kier alpha value is -3.34. The first-order valence-electron chi connectivity index (χ1n) is 10.5. The highest BCUT2D eigenvalue weighted by atomic mass is 32.2. The molecule has 0 saturated heterocycles. The van der Waals surface area contributed by atoms with Gasteiger partial charge in [0.2, 0.25) is 0 Å². The summed E-state index contributed by atoms with van der Waals surface area (Å²) in [5, 5.41) is 0.351. The van der Waals surface area contributed by atoms with E-state index < -0.39 is 35.4 Å². The maximum atomic E-state index is 13.2.